The molecule has 0 spiro atoms. The number of aliphatic hydroxyl groups excluding tert-OH is 1. The van der Waals surface area contributed by atoms with E-state index in [1.54, 1.807) is 13.0 Å². The maximum absolute atomic E-state index is 12.3. The van der Waals surface area contributed by atoms with Crippen molar-refractivity contribution in [2.45, 2.75) is 13.1 Å². The number of benzene rings is 1. The molecular weight excluding hydrogens is 205 g/mol. The van der Waals surface area contributed by atoms with Crippen LogP contribution >= 0.6 is 0 Å². The molecule has 82 valence electrons. The summed E-state index contributed by atoms with van der Waals surface area (Å²) >= 11 is 0. The molecule has 0 radical (unpaired) electrons. The summed E-state index contributed by atoms with van der Waals surface area (Å²) in [6, 6.07) is 4.98. The van der Waals surface area contributed by atoms with E-state index in [9.17, 15) is 13.2 Å². The zero-order chi connectivity index (χ0) is 11.5. The maximum atomic E-state index is 12.3. The molecule has 1 rings (SSSR count). The Kier molecular flexibility index (Phi) is 3.52. The first-order chi connectivity index (χ1) is 6.93. The lowest BCUT2D eigenvalue weighted by molar-refractivity contribution is -0.137. The first-order valence-corrected chi connectivity index (χ1v) is 4.39. The highest BCUT2D eigenvalue weighted by Gasteiger charge is 2.30. The first-order valence-electron chi connectivity index (χ1n) is 4.39. The molecule has 0 amide bonds. The Morgan fingerprint density at radius 3 is 2.60 bits per heavy atom. The summed E-state index contributed by atoms with van der Waals surface area (Å²) in [6.45, 7) is 1.50. The average Bonchev–Trinajstić information content (AvgIpc) is 2.17. The second-order valence-corrected chi connectivity index (χ2v) is 3.27. The molecule has 4 heteroatoms. The fraction of sp³-hybridized carbons (Fsp3) is 0.273. The van der Waals surface area contributed by atoms with Crippen LogP contribution in [0.1, 0.15) is 18.1 Å². The predicted octanol–water partition coefficient (Wildman–Crippen LogP) is 3.10. The van der Waals surface area contributed by atoms with Crippen LogP contribution in [0.3, 0.4) is 0 Å². The van der Waals surface area contributed by atoms with E-state index in [2.05, 4.69) is 0 Å². The van der Waals surface area contributed by atoms with Crippen LogP contribution in [0.25, 0.3) is 6.08 Å². The third-order valence-corrected chi connectivity index (χ3v) is 1.88. The molecular formula is C11H11F3O. The van der Waals surface area contributed by atoms with E-state index < -0.39 is 11.7 Å². The zero-order valence-corrected chi connectivity index (χ0v) is 8.17. The van der Waals surface area contributed by atoms with Gasteiger partial charge in [-0.05, 0) is 30.2 Å². The molecule has 0 heterocycles. The fourth-order valence-corrected chi connectivity index (χ4v) is 1.13. The van der Waals surface area contributed by atoms with Crippen LogP contribution in [0, 0.1) is 0 Å². The first kappa shape index (κ1) is 11.8. The molecule has 0 fully saturated rings. The standard InChI is InChI=1S/C11H11F3O/c1-8(7-15)5-9-3-2-4-10(6-9)11(12,13)14/h2-6,15H,7H2,1H3. The predicted molar refractivity (Wildman–Crippen MR) is 52.2 cm³/mol. The molecule has 15 heavy (non-hydrogen) atoms. The van der Waals surface area contributed by atoms with Gasteiger partial charge in [0, 0.05) is 0 Å². The van der Waals surface area contributed by atoms with Crippen molar-refractivity contribution in [2.75, 3.05) is 6.61 Å². The molecule has 0 atom stereocenters. The van der Waals surface area contributed by atoms with Crippen LogP contribution in [0.4, 0.5) is 13.2 Å². The molecule has 0 aliphatic carbocycles. The topological polar surface area (TPSA) is 20.2 Å². The Hall–Kier alpha value is -1.29. The second-order valence-electron chi connectivity index (χ2n) is 3.27. The van der Waals surface area contributed by atoms with Crippen molar-refractivity contribution in [3.63, 3.8) is 0 Å². The summed E-state index contributed by atoms with van der Waals surface area (Å²) in [5.41, 5.74) is 0.382. The summed E-state index contributed by atoms with van der Waals surface area (Å²) < 4.78 is 37.0. The van der Waals surface area contributed by atoms with Gasteiger partial charge in [-0.1, -0.05) is 18.2 Å². The van der Waals surface area contributed by atoms with Crippen molar-refractivity contribution in [1.82, 2.24) is 0 Å². The van der Waals surface area contributed by atoms with Gasteiger partial charge in [0.05, 0.1) is 12.2 Å². The Balaban J connectivity index is 3.04. The fourth-order valence-electron chi connectivity index (χ4n) is 1.13. The monoisotopic (exact) mass is 216 g/mol. The summed E-state index contributed by atoms with van der Waals surface area (Å²) in [6.07, 6.45) is -2.80. The molecule has 0 bridgehead atoms. The van der Waals surface area contributed by atoms with E-state index in [4.69, 9.17) is 5.11 Å². The van der Waals surface area contributed by atoms with Crippen molar-refractivity contribution in [1.29, 1.82) is 0 Å². The number of rotatable bonds is 2. The lowest BCUT2D eigenvalue weighted by Gasteiger charge is -2.07. The van der Waals surface area contributed by atoms with Crippen LogP contribution in [-0.2, 0) is 6.18 Å². The third kappa shape index (κ3) is 3.40. The van der Waals surface area contributed by atoms with Crippen molar-refractivity contribution in [3.05, 3.63) is 41.0 Å². The van der Waals surface area contributed by atoms with Gasteiger partial charge in [-0.25, -0.2) is 0 Å². The largest absolute Gasteiger partial charge is 0.416 e. The van der Waals surface area contributed by atoms with Gasteiger partial charge in [-0.2, -0.15) is 13.2 Å². The van der Waals surface area contributed by atoms with Crippen LogP contribution in [-0.4, -0.2) is 11.7 Å². The number of aliphatic hydroxyl groups is 1. The van der Waals surface area contributed by atoms with Crippen LogP contribution in [0.5, 0.6) is 0 Å². The molecule has 0 aromatic heterocycles. The molecule has 1 aromatic rings. The van der Waals surface area contributed by atoms with Gasteiger partial charge in [-0.15, -0.1) is 0 Å². The molecule has 0 saturated carbocycles. The van der Waals surface area contributed by atoms with Gasteiger partial charge < -0.3 is 5.11 Å². The minimum absolute atomic E-state index is 0.157. The van der Waals surface area contributed by atoms with E-state index >= 15 is 0 Å². The van der Waals surface area contributed by atoms with Crippen molar-refractivity contribution in [3.8, 4) is 0 Å². The van der Waals surface area contributed by atoms with E-state index in [0.29, 0.717) is 11.1 Å². The highest BCUT2D eigenvalue weighted by atomic mass is 19.4. The molecule has 0 saturated heterocycles. The lowest BCUT2D eigenvalue weighted by Crippen LogP contribution is -2.04. The molecule has 0 aliphatic heterocycles. The van der Waals surface area contributed by atoms with Crippen molar-refractivity contribution >= 4 is 6.08 Å². The number of hydrogen-bond donors (Lipinski definition) is 1. The van der Waals surface area contributed by atoms with Crippen LogP contribution in [0.2, 0.25) is 0 Å². The van der Waals surface area contributed by atoms with E-state index in [-0.39, 0.29) is 6.61 Å². The van der Waals surface area contributed by atoms with Crippen LogP contribution < -0.4 is 0 Å². The van der Waals surface area contributed by atoms with Gasteiger partial charge in [0.1, 0.15) is 0 Å². The zero-order valence-electron chi connectivity index (χ0n) is 8.17. The highest BCUT2D eigenvalue weighted by molar-refractivity contribution is 5.53. The average molecular weight is 216 g/mol. The summed E-state index contributed by atoms with van der Waals surface area (Å²) in [5, 5.41) is 8.73. The SMILES string of the molecule is CC(=Cc1cccc(C(F)(F)F)c1)CO. The molecule has 0 aliphatic rings. The van der Waals surface area contributed by atoms with E-state index in [1.165, 1.54) is 12.1 Å². The van der Waals surface area contributed by atoms with Gasteiger partial charge in [0.25, 0.3) is 0 Å². The van der Waals surface area contributed by atoms with Gasteiger partial charge >= 0.3 is 6.18 Å². The Morgan fingerprint density at radius 1 is 1.40 bits per heavy atom. The summed E-state index contributed by atoms with van der Waals surface area (Å²) in [5.74, 6) is 0. The van der Waals surface area contributed by atoms with Crippen molar-refractivity contribution < 1.29 is 18.3 Å². The second kappa shape index (κ2) is 4.49. The highest BCUT2D eigenvalue weighted by Crippen LogP contribution is 2.29. The summed E-state index contributed by atoms with van der Waals surface area (Å²) in [4.78, 5) is 0. The number of alkyl halides is 3. The Labute approximate surface area is 85.9 Å². The molecule has 0 unspecified atom stereocenters. The van der Waals surface area contributed by atoms with Gasteiger partial charge in [-0.3, -0.25) is 0 Å². The van der Waals surface area contributed by atoms with E-state index in [1.807, 2.05) is 0 Å². The molecule has 1 aromatic carbocycles. The molecule has 1 N–H and O–H groups in total. The summed E-state index contributed by atoms with van der Waals surface area (Å²) in [7, 11) is 0. The van der Waals surface area contributed by atoms with Crippen LogP contribution in [0.15, 0.2) is 29.8 Å². The maximum Gasteiger partial charge on any atom is 0.416 e. The van der Waals surface area contributed by atoms with E-state index in [0.717, 1.165) is 12.1 Å². The third-order valence-electron chi connectivity index (χ3n) is 1.88. The molecule has 1 nitrogen and oxygen atoms in total. The van der Waals surface area contributed by atoms with Crippen molar-refractivity contribution in [2.24, 2.45) is 0 Å². The normalized spacial score (nSPS) is 13.0. The number of hydrogen-bond acceptors (Lipinski definition) is 1. The number of halogens is 3. The lowest BCUT2D eigenvalue weighted by atomic mass is 10.1. The smallest absolute Gasteiger partial charge is 0.392 e. The minimum atomic E-state index is -4.32. The quantitative estimate of drug-likeness (QED) is 0.805. The van der Waals surface area contributed by atoms with Gasteiger partial charge in [0.2, 0.25) is 0 Å². The van der Waals surface area contributed by atoms with Gasteiger partial charge in [0.15, 0.2) is 0 Å². The Morgan fingerprint density at radius 2 is 2.07 bits per heavy atom. The minimum Gasteiger partial charge on any atom is -0.392 e. The Bertz CT molecular complexity index is 366.